The molecule has 232 valence electrons. The number of hydrogen-bond donors (Lipinski definition) is 2. The molecule has 0 unspecified atom stereocenters. The lowest BCUT2D eigenvalue weighted by molar-refractivity contribution is 0.0461. The molecular formula is C33H42ClN3O5S. The smallest absolute Gasteiger partial charge is 0.304 e. The predicted octanol–water partition coefficient (Wildman–Crippen LogP) is 5.48. The van der Waals surface area contributed by atoms with E-state index in [1.807, 2.05) is 37.3 Å². The normalized spacial score (nSPS) is 29.1. The van der Waals surface area contributed by atoms with Gasteiger partial charge in [0.1, 0.15) is 12.4 Å². The van der Waals surface area contributed by atoms with Crippen LogP contribution in [0.1, 0.15) is 73.4 Å². The number of ether oxygens (including phenoxy) is 1. The van der Waals surface area contributed by atoms with Gasteiger partial charge in [0.25, 0.3) is 5.91 Å². The van der Waals surface area contributed by atoms with E-state index in [-0.39, 0.29) is 17.5 Å². The third-order valence-corrected chi connectivity index (χ3v) is 11.4. The Morgan fingerprint density at radius 3 is 2.67 bits per heavy atom. The summed E-state index contributed by atoms with van der Waals surface area (Å²) in [6, 6.07) is 10.7. The van der Waals surface area contributed by atoms with Crippen LogP contribution in [0.2, 0.25) is 5.02 Å². The van der Waals surface area contributed by atoms with Gasteiger partial charge < -0.3 is 14.7 Å². The lowest BCUT2D eigenvalue weighted by Gasteiger charge is -2.42. The molecule has 0 radical (unpaired) electrons. The molecule has 2 aliphatic heterocycles. The number of nitrogens with one attached hydrogen (secondary N) is 1. The van der Waals surface area contributed by atoms with Crippen LogP contribution in [0, 0.1) is 17.8 Å². The summed E-state index contributed by atoms with van der Waals surface area (Å²) in [4.78, 5) is 15.8. The highest BCUT2D eigenvalue weighted by Crippen LogP contribution is 2.41. The number of rotatable bonds is 2. The van der Waals surface area contributed by atoms with Crippen LogP contribution < -0.4 is 14.4 Å². The first-order valence-corrected chi connectivity index (χ1v) is 17.5. The van der Waals surface area contributed by atoms with Crippen molar-refractivity contribution in [3.05, 3.63) is 70.3 Å². The van der Waals surface area contributed by atoms with E-state index in [1.54, 1.807) is 18.2 Å². The molecule has 4 atom stereocenters. The van der Waals surface area contributed by atoms with E-state index >= 15 is 0 Å². The Bertz CT molecular complexity index is 1480. The number of amides is 1. The van der Waals surface area contributed by atoms with Crippen LogP contribution in [0.4, 0.5) is 5.69 Å². The van der Waals surface area contributed by atoms with Crippen molar-refractivity contribution >= 4 is 33.4 Å². The first-order valence-electron chi connectivity index (χ1n) is 15.7. The summed E-state index contributed by atoms with van der Waals surface area (Å²) < 4.78 is 37.3. The second kappa shape index (κ2) is 12.8. The first kappa shape index (κ1) is 30.4. The molecule has 2 saturated carbocycles. The Labute approximate surface area is 260 Å². The van der Waals surface area contributed by atoms with Crippen LogP contribution in [0.3, 0.4) is 0 Å². The van der Waals surface area contributed by atoms with Gasteiger partial charge in [-0.25, -0.2) is 4.72 Å². The molecule has 2 aromatic carbocycles. The maximum Gasteiger partial charge on any atom is 0.304 e. The number of aryl methyl sites for hydroxylation is 1. The van der Waals surface area contributed by atoms with Crippen molar-refractivity contribution in [2.75, 3.05) is 24.5 Å². The Balaban J connectivity index is 1.37. The molecule has 2 fully saturated rings. The summed E-state index contributed by atoms with van der Waals surface area (Å²) in [5.41, 5.74) is 3.29. The van der Waals surface area contributed by atoms with E-state index in [0.717, 1.165) is 69.3 Å². The van der Waals surface area contributed by atoms with Crippen LogP contribution in [0.15, 0.2) is 48.6 Å². The van der Waals surface area contributed by atoms with Crippen LogP contribution in [0.25, 0.3) is 0 Å². The first-order chi connectivity index (χ1) is 20.7. The average Bonchev–Trinajstić information content (AvgIpc) is 3.78. The minimum atomic E-state index is -4.09. The fourth-order valence-electron chi connectivity index (χ4n) is 6.61. The molecule has 2 heterocycles. The van der Waals surface area contributed by atoms with Crippen LogP contribution >= 0.6 is 11.6 Å². The average molecular weight is 628 g/mol. The fraction of sp³-hybridized carbons (Fsp3) is 0.545. The highest BCUT2D eigenvalue weighted by Gasteiger charge is 2.38. The van der Waals surface area contributed by atoms with Gasteiger partial charge in [-0.05, 0) is 118 Å². The molecule has 6 rings (SSSR count). The van der Waals surface area contributed by atoms with Crippen LogP contribution in [-0.4, -0.2) is 55.5 Å². The zero-order chi connectivity index (χ0) is 30.1. The van der Waals surface area contributed by atoms with E-state index in [4.69, 9.17) is 16.3 Å². The number of benzene rings is 2. The standard InChI is InChI=1S/C33H42ClN3O5S/c1-22-5-4-7-31(38)29-14-11-26(29)20-36-16-3-2-6-24-17-28(34)13-10-27(24)21-42-32-15-12-25(18-30(32)36)33(39)35-43(40,41)37(22)19-23-8-9-23/h4,7,10,12-13,15,17-18,22-23,26,29,31,38H,2-3,5-6,8-9,11,14,16,19-21H2,1H3,(H,35,39)/b7-4+/t22-,26-,29+,31-/m0/s1. The van der Waals surface area contributed by atoms with E-state index in [0.29, 0.717) is 42.2 Å². The van der Waals surface area contributed by atoms with Crippen molar-refractivity contribution in [1.82, 2.24) is 9.03 Å². The molecule has 2 aromatic rings. The third-order valence-electron chi connectivity index (χ3n) is 9.57. The summed E-state index contributed by atoms with van der Waals surface area (Å²) in [5, 5.41) is 11.8. The Morgan fingerprint density at radius 1 is 1.07 bits per heavy atom. The summed E-state index contributed by atoms with van der Waals surface area (Å²) in [6.45, 7) is 4.07. The van der Waals surface area contributed by atoms with Crippen molar-refractivity contribution in [3.63, 3.8) is 0 Å². The van der Waals surface area contributed by atoms with Gasteiger partial charge in [-0.2, -0.15) is 12.7 Å². The number of hydrogen-bond acceptors (Lipinski definition) is 6. The number of nitrogens with zero attached hydrogens (tertiary/aromatic N) is 2. The van der Waals surface area contributed by atoms with E-state index in [2.05, 4.69) is 9.62 Å². The second-order valence-corrected chi connectivity index (χ2v) is 14.8. The monoisotopic (exact) mass is 627 g/mol. The molecule has 0 spiro atoms. The molecule has 8 nitrogen and oxygen atoms in total. The van der Waals surface area contributed by atoms with Gasteiger partial charge in [0.05, 0.1) is 11.8 Å². The Kier molecular flexibility index (Phi) is 9.06. The molecule has 0 saturated heterocycles. The largest absolute Gasteiger partial charge is 0.487 e. The topological polar surface area (TPSA) is 99.2 Å². The number of carbonyl (C=O) groups excluding carboxylic acids is 1. The lowest BCUT2D eigenvalue weighted by Crippen LogP contribution is -2.48. The maximum absolute atomic E-state index is 13.6. The number of aliphatic hydroxyl groups is 1. The third kappa shape index (κ3) is 7.06. The molecule has 2 aliphatic carbocycles. The number of carbonyl (C=O) groups is 1. The zero-order valence-corrected chi connectivity index (χ0v) is 26.3. The Hall–Kier alpha value is -2.59. The molecule has 1 amide bonds. The van der Waals surface area contributed by atoms with Crippen molar-refractivity contribution < 1.29 is 23.1 Å². The molecule has 4 aliphatic rings. The van der Waals surface area contributed by atoms with Crippen LogP contribution in [0.5, 0.6) is 5.75 Å². The van der Waals surface area contributed by atoms with Crippen molar-refractivity contribution in [2.45, 2.75) is 77.0 Å². The van der Waals surface area contributed by atoms with Gasteiger partial charge >= 0.3 is 10.2 Å². The SMILES string of the molecule is C[C@H]1C/C=C/[C@H](O)[C@@H]2CC[C@H]2CN2CCCCc3cc(Cl)ccc3COc3ccc(cc32)C(=O)NS(=O)(=O)N1CC1CC1. The highest BCUT2D eigenvalue weighted by molar-refractivity contribution is 7.87. The number of fused-ring (bicyclic) bond motifs is 3. The molecule has 2 N–H and O–H groups in total. The zero-order valence-electron chi connectivity index (χ0n) is 24.8. The summed E-state index contributed by atoms with van der Waals surface area (Å²) >= 11 is 6.32. The molecule has 0 aromatic heterocycles. The summed E-state index contributed by atoms with van der Waals surface area (Å²) in [6.07, 6.45) is 10.3. The van der Waals surface area contributed by atoms with Crippen molar-refractivity contribution in [2.24, 2.45) is 17.8 Å². The molecule has 10 heteroatoms. The van der Waals surface area contributed by atoms with Crippen LogP contribution in [-0.2, 0) is 23.2 Å². The van der Waals surface area contributed by atoms with Crippen molar-refractivity contribution in [3.8, 4) is 5.75 Å². The minimum absolute atomic E-state index is 0.131. The van der Waals surface area contributed by atoms with Gasteiger partial charge in [0.15, 0.2) is 0 Å². The molecule has 2 bridgehead atoms. The number of halogens is 1. The van der Waals surface area contributed by atoms with E-state index in [1.165, 1.54) is 9.87 Å². The van der Waals surface area contributed by atoms with Gasteiger partial charge in [0.2, 0.25) is 0 Å². The lowest BCUT2D eigenvalue weighted by atomic mass is 9.70. The van der Waals surface area contributed by atoms with E-state index in [9.17, 15) is 18.3 Å². The van der Waals surface area contributed by atoms with Crippen molar-refractivity contribution in [1.29, 1.82) is 0 Å². The maximum atomic E-state index is 13.6. The molecular weight excluding hydrogens is 586 g/mol. The fourth-order valence-corrected chi connectivity index (χ4v) is 8.24. The van der Waals surface area contributed by atoms with Gasteiger partial charge in [0, 0.05) is 36.3 Å². The van der Waals surface area contributed by atoms with Gasteiger partial charge in [-0.15, -0.1) is 0 Å². The van der Waals surface area contributed by atoms with Gasteiger partial charge in [-0.1, -0.05) is 29.8 Å². The quantitative estimate of drug-likeness (QED) is 0.428. The number of anilines is 1. The predicted molar refractivity (Wildman–Crippen MR) is 169 cm³/mol. The number of aliphatic hydroxyl groups excluding tert-OH is 1. The summed E-state index contributed by atoms with van der Waals surface area (Å²) in [5.74, 6) is 0.730. The highest BCUT2D eigenvalue weighted by atomic mass is 35.5. The summed E-state index contributed by atoms with van der Waals surface area (Å²) in [7, 11) is -4.09. The minimum Gasteiger partial charge on any atom is -0.487 e. The second-order valence-electron chi connectivity index (χ2n) is 12.7. The Morgan fingerprint density at radius 2 is 1.91 bits per heavy atom. The van der Waals surface area contributed by atoms with E-state index < -0.39 is 22.2 Å². The van der Waals surface area contributed by atoms with Gasteiger partial charge in [-0.3, -0.25) is 4.79 Å². The molecule has 43 heavy (non-hydrogen) atoms.